The Kier molecular flexibility index (Phi) is 10.9. The number of hydrogen-bond donors (Lipinski definition) is 1. The van der Waals surface area contributed by atoms with Gasteiger partial charge in [0.25, 0.3) is 0 Å². The summed E-state index contributed by atoms with van der Waals surface area (Å²) in [5.41, 5.74) is 3.09. The maximum Gasteiger partial charge on any atom is 0.303 e. The summed E-state index contributed by atoms with van der Waals surface area (Å²) in [5, 5.41) is 8.82. The Balaban J connectivity index is 2.70. The van der Waals surface area contributed by atoms with Gasteiger partial charge in [0, 0.05) is 6.42 Å². The van der Waals surface area contributed by atoms with Crippen molar-refractivity contribution in [3.05, 3.63) is 24.3 Å². The SMILES string of the molecule is C=C(CC(C)C)C(C)C(C)C(C)C[C@@]1(C)C(=C)CC[C@@H]1C(C)CCCCCC(=O)O. The summed E-state index contributed by atoms with van der Waals surface area (Å²) in [6.45, 7) is 25.6. The lowest BCUT2D eigenvalue weighted by atomic mass is 9.64. The zero-order valence-electron chi connectivity index (χ0n) is 21.1. The third-order valence-electron chi connectivity index (χ3n) is 8.37. The fourth-order valence-electron chi connectivity index (χ4n) is 5.95. The molecular weight excluding hydrogens is 368 g/mol. The highest BCUT2D eigenvalue weighted by atomic mass is 16.4. The van der Waals surface area contributed by atoms with Gasteiger partial charge in [0.05, 0.1) is 0 Å². The number of unbranched alkanes of at least 4 members (excludes halogenated alkanes) is 2. The summed E-state index contributed by atoms with van der Waals surface area (Å²) in [6, 6.07) is 0. The molecule has 6 atom stereocenters. The van der Waals surface area contributed by atoms with Gasteiger partial charge in [-0.3, -0.25) is 4.79 Å². The van der Waals surface area contributed by atoms with Crippen molar-refractivity contribution >= 4 is 5.97 Å². The van der Waals surface area contributed by atoms with Crippen LogP contribution in [-0.4, -0.2) is 11.1 Å². The first kappa shape index (κ1) is 27.0. The molecule has 1 rings (SSSR count). The molecule has 0 spiro atoms. The molecule has 1 aliphatic carbocycles. The third-order valence-corrected chi connectivity index (χ3v) is 8.37. The Morgan fingerprint density at radius 2 is 1.77 bits per heavy atom. The van der Waals surface area contributed by atoms with E-state index < -0.39 is 5.97 Å². The van der Waals surface area contributed by atoms with E-state index in [1.165, 1.54) is 36.8 Å². The minimum atomic E-state index is -0.670. The molecule has 1 saturated carbocycles. The summed E-state index contributed by atoms with van der Waals surface area (Å²) >= 11 is 0. The molecule has 2 heteroatoms. The van der Waals surface area contributed by atoms with Crippen LogP contribution in [0, 0.1) is 40.9 Å². The van der Waals surface area contributed by atoms with Crippen LogP contribution < -0.4 is 0 Å². The van der Waals surface area contributed by atoms with Crippen molar-refractivity contribution in [2.75, 3.05) is 0 Å². The smallest absolute Gasteiger partial charge is 0.303 e. The molecule has 0 amide bonds. The molecule has 0 aliphatic heterocycles. The molecule has 0 aromatic rings. The highest BCUT2D eigenvalue weighted by molar-refractivity contribution is 5.66. The first-order valence-corrected chi connectivity index (χ1v) is 12.5. The molecule has 0 heterocycles. The Morgan fingerprint density at radius 3 is 2.33 bits per heavy atom. The lowest BCUT2D eigenvalue weighted by Crippen LogP contribution is -2.32. The Labute approximate surface area is 187 Å². The van der Waals surface area contributed by atoms with Crippen LogP contribution in [0.2, 0.25) is 0 Å². The molecule has 174 valence electrons. The molecule has 2 nitrogen and oxygen atoms in total. The quantitative estimate of drug-likeness (QED) is 0.227. The molecular formula is C28H50O2. The summed E-state index contributed by atoms with van der Waals surface area (Å²) < 4.78 is 0. The van der Waals surface area contributed by atoms with E-state index in [9.17, 15) is 4.79 Å². The van der Waals surface area contributed by atoms with Crippen molar-refractivity contribution in [2.45, 2.75) is 106 Å². The van der Waals surface area contributed by atoms with Crippen molar-refractivity contribution in [1.29, 1.82) is 0 Å². The van der Waals surface area contributed by atoms with Gasteiger partial charge in [-0.15, -0.1) is 0 Å². The number of aliphatic carboxylic acids is 1. The molecule has 0 bridgehead atoms. The lowest BCUT2D eigenvalue weighted by Gasteiger charge is -2.41. The summed E-state index contributed by atoms with van der Waals surface area (Å²) in [6.07, 6.45) is 9.28. The van der Waals surface area contributed by atoms with Crippen molar-refractivity contribution in [2.24, 2.45) is 40.9 Å². The van der Waals surface area contributed by atoms with Crippen molar-refractivity contribution in [1.82, 2.24) is 0 Å². The minimum Gasteiger partial charge on any atom is -0.481 e. The highest BCUT2D eigenvalue weighted by Crippen LogP contribution is 2.55. The van der Waals surface area contributed by atoms with E-state index in [0.717, 1.165) is 25.7 Å². The molecule has 1 aliphatic rings. The summed E-state index contributed by atoms with van der Waals surface area (Å²) in [4.78, 5) is 10.7. The van der Waals surface area contributed by atoms with E-state index in [4.69, 9.17) is 5.11 Å². The maximum atomic E-state index is 10.7. The van der Waals surface area contributed by atoms with Gasteiger partial charge in [-0.2, -0.15) is 0 Å². The van der Waals surface area contributed by atoms with Crippen LogP contribution in [0.3, 0.4) is 0 Å². The Morgan fingerprint density at radius 1 is 1.13 bits per heavy atom. The zero-order valence-corrected chi connectivity index (χ0v) is 21.1. The number of carboxylic acid groups (broad SMARTS) is 1. The Bertz CT molecular complexity index is 575. The van der Waals surface area contributed by atoms with Gasteiger partial charge >= 0.3 is 5.97 Å². The molecule has 1 N–H and O–H groups in total. The molecule has 0 aromatic heterocycles. The second-order valence-corrected chi connectivity index (χ2v) is 11.2. The van der Waals surface area contributed by atoms with E-state index in [1.807, 2.05) is 0 Å². The number of rotatable bonds is 14. The second kappa shape index (κ2) is 12.1. The number of hydrogen-bond acceptors (Lipinski definition) is 1. The van der Waals surface area contributed by atoms with Crippen molar-refractivity contribution < 1.29 is 9.90 Å². The third kappa shape index (κ3) is 7.57. The molecule has 0 saturated heterocycles. The lowest BCUT2D eigenvalue weighted by molar-refractivity contribution is -0.137. The van der Waals surface area contributed by atoms with E-state index in [0.29, 0.717) is 41.9 Å². The first-order chi connectivity index (χ1) is 13.9. The normalized spacial score (nSPS) is 25.9. The average molecular weight is 419 g/mol. The van der Waals surface area contributed by atoms with Crippen LogP contribution in [0.25, 0.3) is 0 Å². The van der Waals surface area contributed by atoms with E-state index in [-0.39, 0.29) is 5.41 Å². The fraction of sp³-hybridized carbons (Fsp3) is 0.821. The first-order valence-electron chi connectivity index (χ1n) is 12.5. The van der Waals surface area contributed by atoms with Crippen molar-refractivity contribution in [3.8, 4) is 0 Å². The van der Waals surface area contributed by atoms with Crippen molar-refractivity contribution in [3.63, 3.8) is 0 Å². The minimum absolute atomic E-state index is 0.229. The maximum absolute atomic E-state index is 10.7. The zero-order chi connectivity index (χ0) is 23.1. The monoisotopic (exact) mass is 418 g/mol. The predicted octanol–water partition coefficient (Wildman–Crippen LogP) is 8.53. The molecule has 30 heavy (non-hydrogen) atoms. The van der Waals surface area contributed by atoms with Crippen LogP contribution in [0.15, 0.2) is 24.3 Å². The van der Waals surface area contributed by atoms with Gasteiger partial charge in [-0.25, -0.2) is 0 Å². The fourth-order valence-corrected chi connectivity index (χ4v) is 5.95. The van der Waals surface area contributed by atoms with Gasteiger partial charge in [0.15, 0.2) is 0 Å². The van der Waals surface area contributed by atoms with Crippen LogP contribution in [0.5, 0.6) is 0 Å². The van der Waals surface area contributed by atoms with Gasteiger partial charge in [-0.1, -0.05) is 92.0 Å². The number of allylic oxidation sites excluding steroid dienone is 2. The van der Waals surface area contributed by atoms with Gasteiger partial charge in [0.2, 0.25) is 0 Å². The summed E-state index contributed by atoms with van der Waals surface area (Å²) in [7, 11) is 0. The molecule has 1 fully saturated rings. The van der Waals surface area contributed by atoms with Gasteiger partial charge in [-0.05, 0) is 73.0 Å². The standard InChI is InChI=1S/C28H50O2/c1-19(2)17-21(4)24(7)25(8)22(5)18-28(9)23(6)15-16-26(28)20(3)13-11-10-12-14-27(29)30/h19-20,22,24-26H,4,6,10-18H2,1-3,5,7-9H3,(H,29,30)/t20?,22?,24?,25?,26-,28+/m1/s1. The summed E-state index contributed by atoms with van der Waals surface area (Å²) in [5.74, 6) is 3.22. The number of carboxylic acids is 1. The molecule has 4 unspecified atom stereocenters. The van der Waals surface area contributed by atoms with Crippen LogP contribution >= 0.6 is 0 Å². The van der Waals surface area contributed by atoms with Crippen LogP contribution in [0.1, 0.15) is 106 Å². The van der Waals surface area contributed by atoms with E-state index >= 15 is 0 Å². The van der Waals surface area contributed by atoms with E-state index in [1.54, 1.807) is 0 Å². The average Bonchev–Trinajstić information content (AvgIpc) is 2.93. The van der Waals surface area contributed by atoms with Gasteiger partial charge < -0.3 is 5.11 Å². The largest absolute Gasteiger partial charge is 0.481 e. The highest BCUT2D eigenvalue weighted by Gasteiger charge is 2.45. The Hall–Kier alpha value is -1.05. The second-order valence-electron chi connectivity index (χ2n) is 11.2. The van der Waals surface area contributed by atoms with E-state index in [2.05, 4.69) is 61.6 Å². The van der Waals surface area contributed by atoms with Crippen LogP contribution in [-0.2, 0) is 4.79 Å². The molecule has 0 radical (unpaired) electrons. The molecule has 0 aromatic carbocycles. The van der Waals surface area contributed by atoms with Crippen LogP contribution in [0.4, 0.5) is 0 Å². The number of carbonyl (C=O) groups is 1. The predicted molar refractivity (Wildman–Crippen MR) is 131 cm³/mol. The van der Waals surface area contributed by atoms with Gasteiger partial charge in [0.1, 0.15) is 0 Å². The topological polar surface area (TPSA) is 37.3 Å².